The number of benzene rings is 1. The number of hydrogen-bond acceptors (Lipinski definition) is 6. The van der Waals surface area contributed by atoms with Crippen molar-refractivity contribution in [3.63, 3.8) is 0 Å². The van der Waals surface area contributed by atoms with Gasteiger partial charge in [0.1, 0.15) is 28.9 Å². The molecule has 36 heavy (non-hydrogen) atoms. The third-order valence-corrected chi connectivity index (χ3v) is 8.03. The molecular formula is C24H20BrClF2N4O3S. The first-order valence-electron chi connectivity index (χ1n) is 11.3. The lowest BCUT2D eigenvalue weighted by molar-refractivity contribution is -0.132. The molecule has 0 saturated carbocycles. The Labute approximate surface area is 222 Å². The molecule has 7 nitrogen and oxygen atoms in total. The highest BCUT2D eigenvalue weighted by Crippen LogP contribution is 2.35. The highest BCUT2D eigenvalue weighted by atomic mass is 79.9. The summed E-state index contributed by atoms with van der Waals surface area (Å²) >= 11 is 10.7. The van der Waals surface area contributed by atoms with Crippen molar-refractivity contribution in [3.05, 3.63) is 83.6 Å². The van der Waals surface area contributed by atoms with Crippen LogP contribution in [0.4, 0.5) is 8.78 Å². The summed E-state index contributed by atoms with van der Waals surface area (Å²) in [5.41, 5.74) is 0.655. The zero-order valence-electron chi connectivity index (χ0n) is 18.8. The van der Waals surface area contributed by atoms with E-state index < -0.39 is 23.3 Å². The molecular weight excluding hydrogens is 578 g/mol. The van der Waals surface area contributed by atoms with Crippen molar-refractivity contribution in [2.45, 2.75) is 37.8 Å². The molecule has 4 heterocycles. The molecule has 12 heteroatoms. The predicted molar refractivity (Wildman–Crippen MR) is 135 cm³/mol. The summed E-state index contributed by atoms with van der Waals surface area (Å²) < 4.78 is 30.1. The minimum absolute atomic E-state index is 0.0538. The molecule has 1 aromatic carbocycles. The summed E-state index contributed by atoms with van der Waals surface area (Å²) in [6, 6.07) is 5.21. The van der Waals surface area contributed by atoms with Crippen LogP contribution in [0.15, 0.2) is 50.3 Å². The third-order valence-electron chi connectivity index (χ3n) is 6.32. The Hall–Kier alpha value is -2.63. The van der Waals surface area contributed by atoms with E-state index in [1.54, 1.807) is 11.1 Å². The quantitative estimate of drug-likeness (QED) is 0.402. The number of nitrogens with zero attached hydrogens (tertiary/aromatic N) is 4. The van der Waals surface area contributed by atoms with Gasteiger partial charge in [-0.2, -0.15) is 0 Å². The molecule has 0 aliphatic carbocycles. The first kappa shape index (κ1) is 25.0. The lowest BCUT2D eigenvalue weighted by atomic mass is 9.97. The van der Waals surface area contributed by atoms with Gasteiger partial charge in [0, 0.05) is 41.5 Å². The highest BCUT2D eigenvalue weighted by molar-refractivity contribution is 9.10. The van der Waals surface area contributed by atoms with Crippen LogP contribution in [0.2, 0.25) is 5.02 Å². The summed E-state index contributed by atoms with van der Waals surface area (Å²) in [7, 11) is 0. The number of likely N-dealkylation sites (tertiary alicyclic amines) is 1. The SMILES string of the molecule is O=C(Cn1cc(Br)cc(Cl)c1=O)N1CCC(c2nc(C3=NOC(c4c(F)cccc4F)C3)cs2)CC1. The van der Waals surface area contributed by atoms with Crippen molar-refractivity contribution >= 4 is 50.5 Å². The Morgan fingerprint density at radius 3 is 2.69 bits per heavy atom. The van der Waals surface area contributed by atoms with Gasteiger partial charge in [0.25, 0.3) is 5.56 Å². The van der Waals surface area contributed by atoms with Crippen LogP contribution < -0.4 is 5.56 Å². The number of carbonyl (C=O) groups excluding carboxylic acids is 1. The number of piperidine rings is 1. The van der Waals surface area contributed by atoms with E-state index in [9.17, 15) is 18.4 Å². The number of aromatic nitrogens is 2. The van der Waals surface area contributed by atoms with Crippen LogP contribution in [0.25, 0.3) is 0 Å². The van der Waals surface area contributed by atoms with E-state index in [0.29, 0.717) is 29.0 Å². The number of rotatable bonds is 5. The number of thiazole rings is 1. The van der Waals surface area contributed by atoms with Crippen LogP contribution >= 0.6 is 38.9 Å². The van der Waals surface area contributed by atoms with Crippen LogP contribution in [0.5, 0.6) is 0 Å². The van der Waals surface area contributed by atoms with Gasteiger partial charge in [-0.1, -0.05) is 22.8 Å². The molecule has 2 aliphatic heterocycles. The fourth-order valence-corrected chi connectivity index (χ4v) is 6.25. The van der Waals surface area contributed by atoms with E-state index in [4.69, 9.17) is 21.4 Å². The van der Waals surface area contributed by atoms with Crippen molar-refractivity contribution in [2.24, 2.45) is 5.16 Å². The summed E-state index contributed by atoms with van der Waals surface area (Å²) in [6.45, 7) is 1.02. The number of carbonyl (C=O) groups is 1. The molecule has 0 spiro atoms. The molecule has 3 aromatic rings. The van der Waals surface area contributed by atoms with Crippen molar-refractivity contribution in [1.82, 2.24) is 14.5 Å². The lowest BCUT2D eigenvalue weighted by Crippen LogP contribution is -2.41. The van der Waals surface area contributed by atoms with Gasteiger partial charge in [0.05, 0.1) is 16.3 Å². The highest BCUT2D eigenvalue weighted by Gasteiger charge is 2.31. The molecule has 1 amide bonds. The average Bonchev–Trinajstić information content (AvgIpc) is 3.52. The fraction of sp³-hybridized carbons (Fsp3) is 0.333. The van der Waals surface area contributed by atoms with Crippen LogP contribution in [-0.2, 0) is 16.2 Å². The summed E-state index contributed by atoms with van der Waals surface area (Å²) in [5.74, 6) is -1.29. The zero-order valence-corrected chi connectivity index (χ0v) is 22.0. The standard InChI is InChI=1S/C24H20BrClF2N4O3S/c25-14-8-15(26)24(34)32(10-14)11-21(33)31-6-4-13(5-7-31)23-29-19(12-36-23)18-9-20(35-30-18)22-16(27)2-1-3-17(22)28/h1-3,8,10,12-13,20H,4-7,9,11H2. The molecule has 0 radical (unpaired) electrons. The molecule has 1 fully saturated rings. The van der Waals surface area contributed by atoms with Crippen molar-refractivity contribution in [1.29, 1.82) is 0 Å². The molecule has 1 saturated heterocycles. The molecule has 1 atom stereocenters. The largest absolute Gasteiger partial charge is 0.387 e. The van der Waals surface area contributed by atoms with Gasteiger partial charge >= 0.3 is 0 Å². The van der Waals surface area contributed by atoms with E-state index >= 15 is 0 Å². The van der Waals surface area contributed by atoms with Gasteiger partial charge in [-0.05, 0) is 47.0 Å². The lowest BCUT2D eigenvalue weighted by Gasteiger charge is -2.31. The molecule has 5 rings (SSSR count). The molecule has 2 aromatic heterocycles. The second kappa shape index (κ2) is 10.4. The first-order valence-corrected chi connectivity index (χ1v) is 13.3. The zero-order chi connectivity index (χ0) is 25.4. The van der Waals surface area contributed by atoms with E-state index in [0.717, 1.165) is 17.8 Å². The molecule has 1 unspecified atom stereocenters. The Bertz CT molecular complexity index is 1380. The maximum absolute atomic E-state index is 14.1. The van der Waals surface area contributed by atoms with Crippen molar-refractivity contribution in [3.8, 4) is 0 Å². The minimum atomic E-state index is -0.826. The Morgan fingerprint density at radius 2 is 1.97 bits per heavy atom. The van der Waals surface area contributed by atoms with Gasteiger partial charge in [0.15, 0.2) is 6.10 Å². The van der Waals surface area contributed by atoms with Crippen LogP contribution in [0.1, 0.15) is 47.5 Å². The average molecular weight is 598 g/mol. The van der Waals surface area contributed by atoms with Crippen LogP contribution in [-0.4, -0.2) is 39.2 Å². The summed E-state index contributed by atoms with van der Waals surface area (Å²) in [5, 5.41) is 6.89. The summed E-state index contributed by atoms with van der Waals surface area (Å²) in [6.07, 6.45) is 2.43. The maximum atomic E-state index is 14.1. The monoisotopic (exact) mass is 596 g/mol. The molecule has 0 bridgehead atoms. The third kappa shape index (κ3) is 5.09. The van der Waals surface area contributed by atoms with E-state index in [1.165, 1.54) is 40.2 Å². The minimum Gasteiger partial charge on any atom is -0.387 e. The van der Waals surface area contributed by atoms with Gasteiger partial charge in [-0.15, -0.1) is 11.3 Å². The number of pyridine rings is 1. The molecule has 188 valence electrons. The number of oxime groups is 1. The summed E-state index contributed by atoms with van der Waals surface area (Å²) in [4.78, 5) is 36.8. The van der Waals surface area contributed by atoms with Crippen LogP contribution in [0.3, 0.4) is 0 Å². The van der Waals surface area contributed by atoms with Crippen molar-refractivity contribution in [2.75, 3.05) is 13.1 Å². The van der Waals surface area contributed by atoms with Gasteiger partial charge < -0.3 is 14.3 Å². The smallest absolute Gasteiger partial charge is 0.269 e. The normalized spacial score (nSPS) is 18.3. The van der Waals surface area contributed by atoms with Gasteiger partial charge in [0.2, 0.25) is 5.91 Å². The Balaban J connectivity index is 1.18. The molecule has 0 N–H and O–H groups in total. The number of halogens is 4. The maximum Gasteiger partial charge on any atom is 0.269 e. The van der Waals surface area contributed by atoms with Crippen molar-refractivity contribution < 1.29 is 18.4 Å². The van der Waals surface area contributed by atoms with Gasteiger partial charge in [-0.3, -0.25) is 9.59 Å². The van der Waals surface area contributed by atoms with E-state index in [2.05, 4.69) is 21.1 Å². The number of hydrogen-bond donors (Lipinski definition) is 0. The van der Waals surface area contributed by atoms with E-state index in [-0.39, 0.29) is 35.4 Å². The van der Waals surface area contributed by atoms with E-state index in [1.807, 2.05) is 5.38 Å². The predicted octanol–water partition coefficient (Wildman–Crippen LogP) is 5.27. The van der Waals surface area contributed by atoms with Crippen LogP contribution in [0, 0.1) is 11.6 Å². The second-order valence-corrected chi connectivity index (χ2v) is 10.8. The number of amides is 1. The van der Waals surface area contributed by atoms with Gasteiger partial charge in [-0.25, -0.2) is 13.8 Å². The molecule has 2 aliphatic rings. The Kier molecular flexibility index (Phi) is 7.23. The topological polar surface area (TPSA) is 76.8 Å². The second-order valence-electron chi connectivity index (χ2n) is 8.64. The fourth-order valence-electron chi connectivity index (χ4n) is 4.41. The first-order chi connectivity index (χ1) is 17.3. The Morgan fingerprint density at radius 1 is 1.25 bits per heavy atom.